The summed E-state index contributed by atoms with van der Waals surface area (Å²) in [7, 11) is 0. The molecule has 1 atom stereocenters. The van der Waals surface area contributed by atoms with Crippen LogP contribution in [-0.4, -0.2) is 30.4 Å². The van der Waals surface area contributed by atoms with Gasteiger partial charge >= 0.3 is 0 Å². The van der Waals surface area contributed by atoms with E-state index in [0.717, 1.165) is 0 Å². The molecule has 3 rings (SSSR count). The number of rotatable bonds is 4. The highest BCUT2D eigenvalue weighted by Gasteiger charge is 2.32. The molecule has 1 aliphatic heterocycles. The Labute approximate surface area is 144 Å². The maximum Gasteiger partial charge on any atom is 0.268 e. The Balaban J connectivity index is 1.77. The summed E-state index contributed by atoms with van der Waals surface area (Å²) in [6, 6.07) is 13.3. The van der Waals surface area contributed by atoms with Crippen molar-refractivity contribution in [3.05, 3.63) is 54.1 Å². The molecule has 0 saturated carbocycles. The van der Waals surface area contributed by atoms with Gasteiger partial charge in [-0.15, -0.1) is 0 Å². The largest absolute Gasteiger partial charge is 0.479 e. The van der Waals surface area contributed by atoms with Crippen LogP contribution in [0.15, 0.2) is 48.5 Å². The third kappa shape index (κ3) is 3.45. The number of hydrogen-bond donors (Lipinski definition) is 2. The number of benzene rings is 2. The number of para-hydroxylation sites is 2. The van der Waals surface area contributed by atoms with Gasteiger partial charge in [-0.05, 0) is 37.3 Å². The minimum absolute atomic E-state index is 0.162. The zero-order valence-electron chi connectivity index (χ0n) is 13.6. The third-order valence-corrected chi connectivity index (χ3v) is 3.81. The monoisotopic (exact) mass is 339 g/mol. The summed E-state index contributed by atoms with van der Waals surface area (Å²) >= 11 is 0. The Hall–Kier alpha value is -3.35. The van der Waals surface area contributed by atoms with E-state index >= 15 is 0 Å². The number of amides is 3. The minimum Gasteiger partial charge on any atom is -0.479 e. The molecular formula is C18H17N3O4. The van der Waals surface area contributed by atoms with Gasteiger partial charge in [0.25, 0.3) is 5.91 Å². The van der Waals surface area contributed by atoms with E-state index in [1.165, 1.54) is 11.0 Å². The van der Waals surface area contributed by atoms with Crippen LogP contribution in [0.5, 0.6) is 5.75 Å². The van der Waals surface area contributed by atoms with Crippen LogP contribution in [0.2, 0.25) is 0 Å². The number of nitrogens with two attached hydrogens (primary N) is 1. The molecular weight excluding hydrogens is 322 g/mol. The first kappa shape index (κ1) is 16.5. The molecule has 0 aromatic heterocycles. The zero-order chi connectivity index (χ0) is 18.0. The lowest BCUT2D eigenvalue weighted by Gasteiger charge is -2.32. The van der Waals surface area contributed by atoms with Crippen molar-refractivity contribution in [3.8, 4) is 5.75 Å². The molecule has 3 amide bonds. The van der Waals surface area contributed by atoms with Gasteiger partial charge in [0.15, 0.2) is 6.10 Å². The lowest BCUT2D eigenvalue weighted by Crippen LogP contribution is -2.47. The van der Waals surface area contributed by atoms with Gasteiger partial charge in [0.1, 0.15) is 12.3 Å². The zero-order valence-corrected chi connectivity index (χ0v) is 13.6. The molecule has 1 unspecified atom stereocenters. The normalized spacial score (nSPS) is 16.0. The van der Waals surface area contributed by atoms with Crippen molar-refractivity contribution in [1.82, 2.24) is 0 Å². The Morgan fingerprint density at radius 1 is 1.20 bits per heavy atom. The molecule has 7 nitrogen and oxygen atoms in total. The van der Waals surface area contributed by atoms with Crippen molar-refractivity contribution in [2.24, 2.45) is 5.73 Å². The van der Waals surface area contributed by atoms with Crippen molar-refractivity contribution in [2.75, 3.05) is 16.8 Å². The Kier molecular flexibility index (Phi) is 4.38. The fourth-order valence-corrected chi connectivity index (χ4v) is 2.62. The van der Waals surface area contributed by atoms with Crippen LogP contribution in [0.4, 0.5) is 11.4 Å². The summed E-state index contributed by atoms with van der Waals surface area (Å²) in [6.07, 6.45) is -0.666. The smallest absolute Gasteiger partial charge is 0.268 e. The first-order valence-electron chi connectivity index (χ1n) is 7.72. The number of hydrogen-bond acceptors (Lipinski definition) is 4. The van der Waals surface area contributed by atoms with Crippen molar-refractivity contribution < 1.29 is 19.1 Å². The van der Waals surface area contributed by atoms with E-state index in [1.54, 1.807) is 49.4 Å². The highest BCUT2D eigenvalue weighted by Crippen LogP contribution is 2.33. The van der Waals surface area contributed by atoms with Gasteiger partial charge in [-0.3, -0.25) is 19.3 Å². The van der Waals surface area contributed by atoms with Crippen molar-refractivity contribution in [3.63, 3.8) is 0 Å². The number of primary amides is 1. The molecule has 1 heterocycles. The van der Waals surface area contributed by atoms with Gasteiger partial charge in [0.2, 0.25) is 11.8 Å². The van der Waals surface area contributed by atoms with Crippen LogP contribution < -0.4 is 20.7 Å². The molecule has 1 aliphatic rings. The number of fused-ring (bicyclic) bond motifs is 1. The van der Waals surface area contributed by atoms with Crippen LogP contribution in [0, 0.1) is 0 Å². The molecule has 0 radical (unpaired) electrons. The number of carbonyl (C=O) groups is 3. The fourth-order valence-electron chi connectivity index (χ4n) is 2.62. The predicted molar refractivity (Wildman–Crippen MR) is 92.5 cm³/mol. The Morgan fingerprint density at radius 3 is 2.72 bits per heavy atom. The number of nitrogens with one attached hydrogen (secondary N) is 1. The topological polar surface area (TPSA) is 102 Å². The third-order valence-electron chi connectivity index (χ3n) is 3.81. The van der Waals surface area contributed by atoms with Crippen LogP contribution in [0.3, 0.4) is 0 Å². The summed E-state index contributed by atoms with van der Waals surface area (Å²) in [5.74, 6) is -0.709. The Bertz CT molecular complexity index is 850. The summed E-state index contributed by atoms with van der Waals surface area (Å²) in [4.78, 5) is 37.3. The second-order valence-electron chi connectivity index (χ2n) is 5.65. The van der Waals surface area contributed by atoms with Crippen molar-refractivity contribution in [1.29, 1.82) is 0 Å². The van der Waals surface area contributed by atoms with E-state index in [0.29, 0.717) is 22.7 Å². The number of carbonyl (C=O) groups excluding carboxylic acids is 3. The minimum atomic E-state index is -0.666. The van der Waals surface area contributed by atoms with E-state index in [4.69, 9.17) is 10.5 Å². The fraction of sp³-hybridized carbons (Fsp3) is 0.167. The van der Waals surface area contributed by atoms with Crippen LogP contribution >= 0.6 is 0 Å². The molecule has 128 valence electrons. The molecule has 0 fully saturated rings. The van der Waals surface area contributed by atoms with Gasteiger partial charge in [0, 0.05) is 11.3 Å². The average molecular weight is 339 g/mol. The van der Waals surface area contributed by atoms with E-state index in [9.17, 15) is 14.4 Å². The van der Waals surface area contributed by atoms with Crippen molar-refractivity contribution >= 4 is 29.1 Å². The second-order valence-corrected chi connectivity index (χ2v) is 5.65. The maximum atomic E-state index is 12.4. The van der Waals surface area contributed by atoms with Crippen LogP contribution in [0.25, 0.3) is 0 Å². The Morgan fingerprint density at radius 2 is 1.96 bits per heavy atom. The molecule has 0 bridgehead atoms. The number of nitrogens with zero attached hydrogens (tertiary/aromatic N) is 1. The molecule has 0 saturated heterocycles. The molecule has 3 N–H and O–H groups in total. The summed E-state index contributed by atoms with van der Waals surface area (Å²) < 4.78 is 5.54. The van der Waals surface area contributed by atoms with Crippen LogP contribution in [-0.2, 0) is 9.59 Å². The molecule has 0 spiro atoms. The van der Waals surface area contributed by atoms with Gasteiger partial charge in [-0.1, -0.05) is 18.2 Å². The average Bonchev–Trinajstić information content (AvgIpc) is 2.59. The van der Waals surface area contributed by atoms with Gasteiger partial charge in [0.05, 0.1) is 5.69 Å². The lowest BCUT2D eigenvalue weighted by molar-refractivity contribution is -0.127. The van der Waals surface area contributed by atoms with Crippen LogP contribution in [0.1, 0.15) is 17.3 Å². The quantitative estimate of drug-likeness (QED) is 0.882. The lowest BCUT2D eigenvalue weighted by atomic mass is 10.1. The maximum absolute atomic E-state index is 12.4. The first-order valence-corrected chi connectivity index (χ1v) is 7.72. The molecule has 2 aromatic rings. The SMILES string of the molecule is CC1Oc2ccccc2N(CC(=O)Nc2cccc(C(N)=O)c2)C1=O. The van der Waals surface area contributed by atoms with E-state index in [2.05, 4.69) is 5.32 Å². The van der Waals surface area contributed by atoms with E-state index in [-0.39, 0.29) is 18.4 Å². The molecule has 25 heavy (non-hydrogen) atoms. The first-order chi connectivity index (χ1) is 12.0. The van der Waals surface area contributed by atoms with Gasteiger partial charge < -0.3 is 15.8 Å². The summed E-state index contributed by atoms with van der Waals surface area (Å²) in [5, 5.41) is 2.67. The predicted octanol–water partition coefficient (Wildman–Crippen LogP) is 1.54. The number of ether oxygens (including phenoxy) is 1. The van der Waals surface area contributed by atoms with Crippen molar-refractivity contribution in [2.45, 2.75) is 13.0 Å². The van der Waals surface area contributed by atoms with E-state index in [1.807, 2.05) is 0 Å². The summed E-state index contributed by atoms with van der Waals surface area (Å²) in [6.45, 7) is 1.48. The van der Waals surface area contributed by atoms with Gasteiger partial charge in [-0.25, -0.2) is 0 Å². The highest BCUT2D eigenvalue weighted by atomic mass is 16.5. The molecule has 0 aliphatic carbocycles. The molecule has 2 aromatic carbocycles. The highest BCUT2D eigenvalue weighted by molar-refractivity contribution is 6.06. The van der Waals surface area contributed by atoms with Gasteiger partial charge in [-0.2, -0.15) is 0 Å². The second kappa shape index (κ2) is 6.64. The summed E-state index contributed by atoms with van der Waals surface area (Å²) in [5.41, 5.74) is 6.50. The number of anilines is 2. The van der Waals surface area contributed by atoms with E-state index < -0.39 is 12.0 Å². The standard InChI is InChI=1S/C18H17N3O4/c1-11-18(24)21(14-7-2-3-8-15(14)25-11)10-16(22)20-13-6-4-5-12(9-13)17(19)23/h2-9,11H,10H2,1H3,(H2,19,23)(H,20,22). The molecule has 7 heteroatoms.